The van der Waals surface area contributed by atoms with Crippen LogP contribution in [0.4, 0.5) is 0 Å². The number of hydrogen-bond donors (Lipinski definition) is 0. The van der Waals surface area contributed by atoms with Gasteiger partial charge in [0.2, 0.25) is 0 Å². The molecule has 130 valence electrons. The Bertz CT molecular complexity index is 701. The molecule has 2 rings (SSSR count). The van der Waals surface area contributed by atoms with Gasteiger partial charge in [-0.25, -0.2) is 0 Å². The van der Waals surface area contributed by atoms with Gasteiger partial charge in [-0.2, -0.15) is 0 Å². The van der Waals surface area contributed by atoms with E-state index in [-0.39, 0.29) is 5.97 Å². The lowest BCUT2D eigenvalue weighted by Gasteiger charge is -2.30. The van der Waals surface area contributed by atoms with Crippen LogP contribution < -0.4 is 0 Å². The van der Waals surface area contributed by atoms with Crippen molar-refractivity contribution in [3.05, 3.63) is 48.0 Å². The van der Waals surface area contributed by atoms with Crippen molar-refractivity contribution in [2.45, 2.75) is 58.7 Å². The Hall–Kier alpha value is -1.87. The number of benzene rings is 2. The number of rotatable bonds is 7. The predicted molar refractivity (Wildman–Crippen MR) is 98.0 cm³/mol. The highest BCUT2D eigenvalue weighted by Crippen LogP contribution is 2.29. The van der Waals surface area contributed by atoms with Crippen LogP contribution in [0.15, 0.2) is 42.5 Å². The number of ether oxygens (including phenoxy) is 2. The minimum Gasteiger partial charge on any atom is -0.460 e. The van der Waals surface area contributed by atoms with Gasteiger partial charge in [-0.3, -0.25) is 4.79 Å². The van der Waals surface area contributed by atoms with E-state index >= 15 is 0 Å². The van der Waals surface area contributed by atoms with E-state index in [1.165, 1.54) is 10.8 Å². The smallest absolute Gasteiger partial charge is 0.306 e. The fourth-order valence-electron chi connectivity index (χ4n) is 2.63. The zero-order valence-corrected chi connectivity index (χ0v) is 15.4. The fourth-order valence-corrected chi connectivity index (χ4v) is 2.63. The van der Waals surface area contributed by atoms with Crippen LogP contribution in [0, 0.1) is 0 Å². The highest BCUT2D eigenvalue weighted by Gasteiger charge is 2.26. The van der Waals surface area contributed by atoms with Crippen molar-refractivity contribution in [2.75, 3.05) is 6.61 Å². The van der Waals surface area contributed by atoms with E-state index in [0.717, 1.165) is 5.56 Å². The topological polar surface area (TPSA) is 35.5 Å². The lowest BCUT2D eigenvalue weighted by molar-refractivity contribution is -0.158. The monoisotopic (exact) mass is 328 g/mol. The maximum absolute atomic E-state index is 11.5. The van der Waals surface area contributed by atoms with Crippen LogP contribution in [-0.4, -0.2) is 18.2 Å². The normalized spacial score (nSPS) is 12.4. The zero-order chi connectivity index (χ0) is 17.8. The van der Waals surface area contributed by atoms with Crippen LogP contribution in [0.2, 0.25) is 0 Å². The van der Waals surface area contributed by atoms with Gasteiger partial charge in [0, 0.05) is 12.8 Å². The molecule has 0 atom stereocenters. The second-order valence-corrected chi connectivity index (χ2v) is 7.26. The van der Waals surface area contributed by atoms with Crippen molar-refractivity contribution in [1.82, 2.24) is 0 Å². The third-order valence-corrected chi connectivity index (χ3v) is 4.29. The quantitative estimate of drug-likeness (QED) is 0.654. The molecule has 0 radical (unpaired) electrons. The minimum absolute atomic E-state index is 0.172. The Morgan fingerprint density at radius 1 is 1.00 bits per heavy atom. The van der Waals surface area contributed by atoms with E-state index in [1.807, 2.05) is 26.0 Å². The third-order valence-electron chi connectivity index (χ3n) is 4.29. The van der Waals surface area contributed by atoms with Crippen molar-refractivity contribution in [3.63, 3.8) is 0 Å². The van der Waals surface area contributed by atoms with E-state index in [4.69, 9.17) is 9.47 Å². The third kappa shape index (κ3) is 4.81. The molecule has 0 bridgehead atoms. The predicted octanol–water partition coefficient (Wildman–Crippen LogP) is 5.21. The summed E-state index contributed by atoms with van der Waals surface area (Å²) in [4.78, 5) is 11.5. The molecule has 3 heteroatoms. The van der Waals surface area contributed by atoms with Gasteiger partial charge in [0.05, 0.1) is 12.2 Å². The number of carbonyl (C=O) groups is 1. The summed E-state index contributed by atoms with van der Waals surface area (Å²) in [5, 5.41) is 2.44. The molecule has 0 aromatic heterocycles. The van der Waals surface area contributed by atoms with Gasteiger partial charge in [0.25, 0.3) is 0 Å². The number of carbonyl (C=O) groups excluding carboxylic acids is 1. The molecule has 0 N–H and O–H groups in total. The van der Waals surface area contributed by atoms with Gasteiger partial charge in [0.15, 0.2) is 0 Å². The van der Waals surface area contributed by atoms with Crippen molar-refractivity contribution in [3.8, 4) is 0 Å². The maximum atomic E-state index is 11.5. The molecule has 0 fully saturated rings. The molecule has 0 heterocycles. The molecule has 0 saturated carbocycles. The molecule has 2 aromatic rings. The Balaban J connectivity index is 2.00. The minimum atomic E-state index is -0.507. The van der Waals surface area contributed by atoms with Crippen molar-refractivity contribution < 1.29 is 14.3 Å². The molecule has 24 heavy (non-hydrogen) atoms. The molecule has 0 amide bonds. The van der Waals surface area contributed by atoms with Crippen LogP contribution in [0.25, 0.3) is 10.8 Å². The van der Waals surface area contributed by atoms with E-state index in [2.05, 4.69) is 44.2 Å². The summed E-state index contributed by atoms with van der Waals surface area (Å²) in [5.74, 6) is -0.172. The van der Waals surface area contributed by atoms with Crippen LogP contribution in [0.5, 0.6) is 0 Å². The SMILES string of the molecule is CCC(=O)OC(C)(C)CCOC(C)(C)c1ccc2ccccc2c1. The van der Waals surface area contributed by atoms with Crippen molar-refractivity contribution in [2.24, 2.45) is 0 Å². The van der Waals surface area contributed by atoms with E-state index in [1.54, 1.807) is 6.92 Å². The van der Waals surface area contributed by atoms with Gasteiger partial charge >= 0.3 is 5.97 Å². The Morgan fingerprint density at radius 2 is 1.67 bits per heavy atom. The largest absolute Gasteiger partial charge is 0.460 e. The molecule has 3 nitrogen and oxygen atoms in total. The summed E-state index contributed by atoms with van der Waals surface area (Å²) in [5.41, 5.74) is 0.242. The maximum Gasteiger partial charge on any atom is 0.306 e. The van der Waals surface area contributed by atoms with E-state index < -0.39 is 11.2 Å². The average molecular weight is 328 g/mol. The Morgan fingerprint density at radius 3 is 2.33 bits per heavy atom. The van der Waals surface area contributed by atoms with Gasteiger partial charge in [-0.05, 0) is 50.1 Å². The van der Waals surface area contributed by atoms with Crippen LogP contribution in [0.3, 0.4) is 0 Å². The van der Waals surface area contributed by atoms with Gasteiger partial charge in [-0.15, -0.1) is 0 Å². The second-order valence-electron chi connectivity index (χ2n) is 7.26. The molecule has 2 aromatic carbocycles. The summed E-state index contributed by atoms with van der Waals surface area (Å²) in [6.45, 7) is 10.3. The zero-order valence-electron chi connectivity index (χ0n) is 15.4. The average Bonchev–Trinajstić information content (AvgIpc) is 2.53. The molecule has 0 aliphatic rings. The summed E-state index contributed by atoms with van der Waals surface area (Å²) in [6, 6.07) is 14.7. The molecule has 0 aliphatic heterocycles. The molecular weight excluding hydrogens is 300 g/mol. The van der Waals surface area contributed by atoms with Crippen molar-refractivity contribution >= 4 is 16.7 Å². The first-order valence-corrected chi connectivity index (χ1v) is 8.58. The fraction of sp³-hybridized carbons (Fsp3) is 0.476. The molecule has 0 spiro atoms. The number of esters is 1. The van der Waals surface area contributed by atoms with E-state index in [0.29, 0.717) is 19.4 Å². The molecule has 0 saturated heterocycles. The van der Waals surface area contributed by atoms with Gasteiger partial charge < -0.3 is 9.47 Å². The molecule has 0 unspecified atom stereocenters. The van der Waals surface area contributed by atoms with E-state index in [9.17, 15) is 4.79 Å². The Labute approximate surface area is 145 Å². The first-order valence-electron chi connectivity index (χ1n) is 8.58. The lowest BCUT2D eigenvalue weighted by Crippen LogP contribution is -2.31. The van der Waals surface area contributed by atoms with Gasteiger partial charge in [0.1, 0.15) is 5.60 Å². The first-order chi connectivity index (χ1) is 11.2. The summed E-state index contributed by atoms with van der Waals surface area (Å²) in [6.07, 6.45) is 1.06. The standard InChI is InChI=1S/C21H28O3/c1-6-19(22)24-20(2,3)13-14-23-21(4,5)18-12-11-16-9-7-8-10-17(16)15-18/h7-12,15H,6,13-14H2,1-5H3. The lowest BCUT2D eigenvalue weighted by atomic mass is 9.95. The number of fused-ring (bicyclic) bond motifs is 1. The summed E-state index contributed by atoms with van der Waals surface area (Å²) >= 11 is 0. The van der Waals surface area contributed by atoms with Crippen LogP contribution in [-0.2, 0) is 19.9 Å². The molecule has 0 aliphatic carbocycles. The van der Waals surface area contributed by atoms with Crippen LogP contribution in [0.1, 0.15) is 53.0 Å². The van der Waals surface area contributed by atoms with Crippen molar-refractivity contribution in [1.29, 1.82) is 0 Å². The number of hydrogen-bond acceptors (Lipinski definition) is 3. The van der Waals surface area contributed by atoms with Crippen LogP contribution >= 0.6 is 0 Å². The Kier molecular flexibility index (Phi) is 5.66. The summed E-state index contributed by atoms with van der Waals surface area (Å²) < 4.78 is 11.6. The van der Waals surface area contributed by atoms with Gasteiger partial charge in [-0.1, -0.05) is 43.3 Å². The summed E-state index contributed by atoms with van der Waals surface area (Å²) in [7, 11) is 0. The first kappa shape index (κ1) is 18.5. The highest BCUT2D eigenvalue weighted by molar-refractivity contribution is 5.83. The molecular formula is C21H28O3. The highest BCUT2D eigenvalue weighted by atomic mass is 16.6. The second kappa shape index (κ2) is 7.35.